The Morgan fingerprint density at radius 1 is 1.38 bits per heavy atom. The topological polar surface area (TPSA) is 47.3 Å². The summed E-state index contributed by atoms with van der Waals surface area (Å²) in [6.45, 7) is 10.7. The molecule has 0 aromatic carbocycles. The first kappa shape index (κ1) is 11.6. The zero-order chi connectivity index (χ0) is 11.8. The first-order valence-electron chi connectivity index (χ1n) is 5.77. The summed E-state index contributed by atoms with van der Waals surface area (Å²) in [5, 5.41) is 3.35. The van der Waals surface area contributed by atoms with Gasteiger partial charge in [-0.3, -0.25) is 0 Å². The molecule has 0 amide bonds. The Morgan fingerprint density at radius 3 is 2.62 bits per heavy atom. The number of hydrogen-bond donors (Lipinski definition) is 1. The van der Waals surface area contributed by atoms with Crippen molar-refractivity contribution in [3.8, 4) is 0 Å². The highest BCUT2D eigenvalue weighted by Crippen LogP contribution is 2.27. The van der Waals surface area contributed by atoms with Gasteiger partial charge < -0.3 is 14.5 Å². The predicted octanol–water partition coefficient (Wildman–Crippen LogP) is 1.94. The van der Waals surface area contributed by atoms with Crippen molar-refractivity contribution in [1.29, 1.82) is 0 Å². The van der Waals surface area contributed by atoms with E-state index in [1.54, 1.807) is 0 Å². The number of rotatable bonds is 1. The smallest absolute Gasteiger partial charge is 0.214 e. The summed E-state index contributed by atoms with van der Waals surface area (Å²) in [7, 11) is 0. The van der Waals surface area contributed by atoms with Gasteiger partial charge in [0.1, 0.15) is 11.8 Å². The first-order chi connectivity index (χ1) is 7.48. The van der Waals surface area contributed by atoms with E-state index in [1.165, 1.54) is 0 Å². The van der Waals surface area contributed by atoms with Crippen LogP contribution in [0.3, 0.4) is 0 Å². The van der Waals surface area contributed by atoms with Crippen LogP contribution in [0.2, 0.25) is 0 Å². The lowest BCUT2D eigenvalue weighted by atomic mass is 9.91. The van der Waals surface area contributed by atoms with Crippen molar-refractivity contribution in [2.45, 2.75) is 39.2 Å². The molecule has 1 atom stereocenters. The number of nitrogens with one attached hydrogen (secondary N) is 1. The summed E-state index contributed by atoms with van der Waals surface area (Å²) in [6, 6.07) is 0.101. The maximum absolute atomic E-state index is 5.73. The Bertz CT molecular complexity index is 360. The standard InChI is InChI=1S/C12H20N2O2/c1-8-10(12(2,3)4)14-11(16-8)9-7-15-6-5-13-9/h9,13H,5-7H2,1-4H3. The van der Waals surface area contributed by atoms with Gasteiger partial charge in [-0.1, -0.05) is 20.8 Å². The van der Waals surface area contributed by atoms with Crippen LogP contribution in [-0.2, 0) is 10.2 Å². The van der Waals surface area contributed by atoms with Crippen LogP contribution in [-0.4, -0.2) is 24.7 Å². The van der Waals surface area contributed by atoms with Crippen molar-refractivity contribution >= 4 is 0 Å². The number of nitrogens with zero attached hydrogens (tertiary/aromatic N) is 1. The van der Waals surface area contributed by atoms with Crippen molar-refractivity contribution in [2.75, 3.05) is 19.8 Å². The molecule has 0 aliphatic carbocycles. The van der Waals surface area contributed by atoms with Gasteiger partial charge in [0.15, 0.2) is 0 Å². The van der Waals surface area contributed by atoms with Crippen LogP contribution in [0.5, 0.6) is 0 Å². The zero-order valence-corrected chi connectivity index (χ0v) is 10.5. The van der Waals surface area contributed by atoms with Gasteiger partial charge in [-0.15, -0.1) is 0 Å². The van der Waals surface area contributed by atoms with E-state index in [0.717, 1.165) is 30.5 Å². The first-order valence-corrected chi connectivity index (χ1v) is 5.77. The second kappa shape index (κ2) is 4.18. The maximum Gasteiger partial charge on any atom is 0.214 e. The highest BCUT2D eigenvalue weighted by molar-refractivity contribution is 5.18. The highest BCUT2D eigenvalue weighted by atomic mass is 16.5. The van der Waals surface area contributed by atoms with Crippen molar-refractivity contribution in [3.05, 3.63) is 17.3 Å². The Balaban J connectivity index is 2.23. The minimum atomic E-state index is 0.0291. The van der Waals surface area contributed by atoms with Gasteiger partial charge in [-0.05, 0) is 6.92 Å². The van der Waals surface area contributed by atoms with E-state index in [-0.39, 0.29) is 11.5 Å². The molecule has 1 aliphatic rings. The van der Waals surface area contributed by atoms with Gasteiger partial charge in [0, 0.05) is 12.0 Å². The molecule has 0 bridgehead atoms. The third-order valence-electron chi connectivity index (χ3n) is 2.74. The lowest BCUT2D eigenvalue weighted by Crippen LogP contribution is -2.34. The molecular weight excluding hydrogens is 204 g/mol. The third-order valence-corrected chi connectivity index (χ3v) is 2.74. The molecule has 2 heterocycles. The summed E-state index contributed by atoms with van der Waals surface area (Å²) in [5.41, 5.74) is 1.07. The number of aryl methyl sites for hydroxylation is 1. The lowest BCUT2D eigenvalue weighted by Gasteiger charge is -2.21. The van der Waals surface area contributed by atoms with Crippen LogP contribution in [0.15, 0.2) is 4.42 Å². The lowest BCUT2D eigenvalue weighted by molar-refractivity contribution is 0.0678. The molecule has 1 aromatic heterocycles. The highest BCUT2D eigenvalue weighted by Gasteiger charge is 2.26. The average molecular weight is 224 g/mol. The van der Waals surface area contributed by atoms with Crippen LogP contribution in [0, 0.1) is 6.92 Å². The van der Waals surface area contributed by atoms with Gasteiger partial charge in [0.25, 0.3) is 0 Å². The normalized spacial score (nSPS) is 22.4. The molecular formula is C12H20N2O2. The number of oxazole rings is 1. The van der Waals surface area contributed by atoms with Crippen LogP contribution in [0.1, 0.15) is 44.2 Å². The molecule has 16 heavy (non-hydrogen) atoms. The summed E-state index contributed by atoms with van der Waals surface area (Å²) in [4.78, 5) is 4.60. The van der Waals surface area contributed by atoms with E-state index in [1.807, 2.05) is 6.92 Å². The molecule has 0 radical (unpaired) electrons. The van der Waals surface area contributed by atoms with E-state index < -0.39 is 0 Å². The van der Waals surface area contributed by atoms with E-state index in [0.29, 0.717) is 6.61 Å². The minimum absolute atomic E-state index is 0.0291. The Morgan fingerprint density at radius 2 is 2.12 bits per heavy atom. The quantitative estimate of drug-likeness (QED) is 0.792. The van der Waals surface area contributed by atoms with Crippen molar-refractivity contribution in [3.63, 3.8) is 0 Å². The number of morpholine rings is 1. The van der Waals surface area contributed by atoms with Crippen molar-refractivity contribution in [2.24, 2.45) is 0 Å². The minimum Gasteiger partial charge on any atom is -0.444 e. The van der Waals surface area contributed by atoms with Crippen LogP contribution in [0.25, 0.3) is 0 Å². The van der Waals surface area contributed by atoms with Crippen LogP contribution in [0.4, 0.5) is 0 Å². The number of ether oxygens (including phenoxy) is 1. The maximum atomic E-state index is 5.73. The van der Waals surface area contributed by atoms with Gasteiger partial charge in [0.2, 0.25) is 5.89 Å². The predicted molar refractivity (Wildman–Crippen MR) is 61.5 cm³/mol. The molecule has 1 N–H and O–H groups in total. The molecule has 0 saturated carbocycles. The molecule has 4 nitrogen and oxygen atoms in total. The average Bonchev–Trinajstić information content (AvgIpc) is 2.61. The van der Waals surface area contributed by atoms with E-state index in [9.17, 15) is 0 Å². The Labute approximate surface area is 96.4 Å². The van der Waals surface area contributed by atoms with Gasteiger partial charge in [0.05, 0.1) is 18.9 Å². The summed E-state index contributed by atoms with van der Waals surface area (Å²) >= 11 is 0. The second-order valence-corrected chi connectivity index (χ2v) is 5.29. The molecule has 4 heteroatoms. The van der Waals surface area contributed by atoms with Crippen molar-refractivity contribution in [1.82, 2.24) is 10.3 Å². The molecule has 0 spiro atoms. The zero-order valence-electron chi connectivity index (χ0n) is 10.5. The molecule has 1 saturated heterocycles. The molecule has 1 aromatic rings. The third kappa shape index (κ3) is 2.28. The monoisotopic (exact) mass is 224 g/mol. The fourth-order valence-corrected chi connectivity index (χ4v) is 1.99. The van der Waals surface area contributed by atoms with Crippen LogP contribution < -0.4 is 5.32 Å². The second-order valence-electron chi connectivity index (χ2n) is 5.29. The molecule has 1 unspecified atom stereocenters. The van der Waals surface area contributed by atoms with Gasteiger partial charge >= 0.3 is 0 Å². The Hall–Kier alpha value is -0.870. The Kier molecular flexibility index (Phi) is 3.04. The molecule has 1 fully saturated rings. The summed E-state index contributed by atoms with van der Waals surface area (Å²) in [6.07, 6.45) is 0. The van der Waals surface area contributed by atoms with Gasteiger partial charge in [-0.25, -0.2) is 4.98 Å². The van der Waals surface area contributed by atoms with Crippen LogP contribution >= 0.6 is 0 Å². The summed E-state index contributed by atoms with van der Waals surface area (Å²) < 4.78 is 11.1. The van der Waals surface area contributed by atoms with Crippen molar-refractivity contribution < 1.29 is 9.15 Å². The molecule has 1 aliphatic heterocycles. The summed E-state index contributed by atoms with van der Waals surface area (Å²) in [5.74, 6) is 1.66. The molecule has 2 rings (SSSR count). The van der Waals surface area contributed by atoms with E-state index in [4.69, 9.17) is 9.15 Å². The van der Waals surface area contributed by atoms with E-state index >= 15 is 0 Å². The SMILES string of the molecule is Cc1oc(C2COCCN2)nc1C(C)(C)C. The number of aromatic nitrogens is 1. The van der Waals surface area contributed by atoms with Gasteiger partial charge in [-0.2, -0.15) is 0 Å². The molecule has 90 valence electrons. The fourth-order valence-electron chi connectivity index (χ4n) is 1.99. The fraction of sp³-hybridized carbons (Fsp3) is 0.750. The largest absolute Gasteiger partial charge is 0.444 e. The number of hydrogen-bond acceptors (Lipinski definition) is 4. The van der Waals surface area contributed by atoms with E-state index in [2.05, 4.69) is 31.1 Å².